The van der Waals surface area contributed by atoms with Gasteiger partial charge in [-0.2, -0.15) is 0 Å². The van der Waals surface area contributed by atoms with Crippen molar-refractivity contribution in [3.8, 4) is 5.75 Å². The lowest BCUT2D eigenvalue weighted by Crippen LogP contribution is -2.50. The molecular weight excluding hydrogens is 472 g/mol. The van der Waals surface area contributed by atoms with Crippen LogP contribution in [0.3, 0.4) is 0 Å². The van der Waals surface area contributed by atoms with Gasteiger partial charge in [0.2, 0.25) is 5.91 Å². The number of benzene rings is 3. The quantitative estimate of drug-likeness (QED) is 0.383. The predicted octanol–water partition coefficient (Wildman–Crippen LogP) is 5.55. The van der Waals surface area contributed by atoms with Gasteiger partial charge in [-0.1, -0.05) is 66.2 Å². The molecule has 3 aromatic rings. The number of rotatable bonds is 9. The van der Waals surface area contributed by atoms with Gasteiger partial charge in [0.1, 0.15) is 5.75 Å². The van der Waals surface area contributed by atoms with Gasteiger partial charge in [0.25, 0.3) is 0 Å². The molecule has 0 spiro atoms. The average Bonchev–Trinajstić information content (AvgIpc) is 3.73. The average molecular weight is 505 g/mol. The molecule has 1 amide bonds. The number of hydrogen-bond donors (Lipinski definition) is 0. The molecule has 2 unspecified atom stereocenters. The molecule has 0 aromatic heterocycles. The van der Waals surface area contributed by atoms with E-state index in [4.69, 9.17) is 21.1 Å². The molecule has 36 heavy (non-hydrogen) atoms. The van der Waals surface area contributed by atoms with Crippen molar-refractivity contribution in [2.75, 3.05) is 39.8 Å². The fraction of sp³-hybridized carbons (Fsp3) is 0.367. The first-order chi connectivity index (χ1) is 17.6. The van der Waals surface area contributed by atoms with Gasteiger partial charge in [-0.3, -0.25) is 9.69 Å². The Morgan fingerprint density at radius 2 is 1.75 bits per heavy atom. The van der Waals surface area contributed by atoms with Crippen molar-refractivity contribution in [3.05, 3.63) is 101 Å². The minimum atomic E-state index is -0.118. The van der Waals surface area contributed by atoms with E-state index < -0.39 is 0 Å². The van der Waals surface area contributed by atoms with Crippen LogP contribution in [-0.4, -0.2) is 55.5 Å². The standard InChI is InChI=1S/C30H33ClN2O3/c1-35-26-12-6-10-24(18-26)29(36-21-22-7-5-11-25(31)17-22)20-32-13-15-33(16-14-32)30(34)28-19-27(28)23-8-3-2-4-9-23/h2-12,17-18,27-29H,13-16,19-21H2,1H3/t27-,28?,29?/m0/s1. The van der Waals surface area contributed by atoms with Gasteiger partial charge in [0, 0.05) is 43.7 Å². The summed E-state index contributed by atoms with van der Waals surface area (Å²) in [7, 11) is 1.68. The number of ether oxygens (including phenoxy) is 2. The molecule has 0 N–H and O–H groups in total. The van der Waals surface area contributed by atoms with Gasteiger partial charge in [0.15, 0.2) is 0 Å². The molecular formula is C30H33ClN2O3. The van der Waals surface area contributed by atoms with Crippen molar-refractivity contribution in [2.45, 2.75) is 25.0 Å². The third-order valence-corrected chi connectivity index (χ3v) is 7.48. The van der Waals surface area contributed by atoms with E-state index in [1.54, 1.807) is 7.11 Å². The fourth-order valence-electron chi connectivity index (χ4n) is 5.08. The highest BCUT2D eigenvalue weighted by atomic mass is 35.5. The van der Waals surface area contributed by atoms with Crippen molar-refractivity contribution >= 4 is 17.5 Å². The van der Waals surface area contributed by atoms with Gasteiger partial charge in [-0.15, -0.1) is 0 Å². The summed E-state index contributed by atoms with van der Waals surface area (Å²) in [6.07, 6.45) is 0.852. The van der Waals surface area contributed by atoms with E-state index in [0.717, 1.165) is 56.0 Å². The van der Waals surface area contributed by atoms with Crippen LogP contribution >= 0.6 is 11.6 Å². The third kappa shape index (κ3) is 6.09. The summed E-state index contributed by atoms with van der Waals surface area (Å²) < 4.78 is 11.9. The molecule has 5 nitrogen and oxygen atoms in total. The Labute approximate surface area is 218 Å². The Kier molecular flexibility index (Phi) is 7.90. The Morgan fingerprint density at radius 3 is 2.50 bits per heavy atom. The Morgan fingerprint density at radius 1 is 0.972 bits per heavy atom. The molecule has 5 rings (SSSR count). The maximum absolute atomic E-state index is 13.1. The van der Waals surface area contributed by atoms with Crippen LogP contribution in [-0.2, 0) is 16.1 Å². The van der Waals surface area contributed by atoms with Crippen LogP contribution in [0.4, 0.5) is 0 Å². The second-order valence-electron chi connectivity index (χ2n) is 9.69. The van der Waals surface area contributed by atoms with E-state index in [2.05, 4.69) is 40.1 Å². The largest absolute Gasteiger partial charge is 0.497 e. The Bertz CT molecular complexity index is 1160. The number of halogens is 1. The summed E-state index contributed by atoms with van der Waals surface area (Å²) in [5.41, 5.74) is 3.41. The van der Waals surface area contributed by atoms with E-state index in [-0.39, 0.29) is 12.0 Å². The molecule has 3 aromatic carbocycles. The van der Waals surface area contributed by atoms with Crippen LogP contribution in [0.2, 0.25) is 5.02 Å². The van der Waals surface area contributed by atoms with Crippen LogP contribution in [0.1, 0.15) is 35.1 Å². The normalized spacial score (nSPS) is 20.7. The monoisotopic (exact) mass is 504 g/mol. The molecule has 1 aliphatic heterocycles. The smallest absolute Gasteiger partial charge is 0.226 e. The summed E-state index contributed by atoms with van der Waals surface area (Å²) in [6.45, 7) is 4.44. The zero-order chi connectivity index (χ0) is 24.9. The van der Waals surface area contributed by atoms with Crippen molar-refractivity contribution < 1.29 is 14.3 Å². The van der Waals surface area contributed by atoms with Gasteiger partial charge in [0.05, 0.1) is 19.8 Å². The Balaban J connectivity index is 1.19. The number of piperazine rings is 1. The summed E-state index contributed by atoms with van der Waals surface area (Å²) in [5, 5.41) is 0.708. The van der Waals surface area contributed by atoms with E-state index in [1.807, 2.05) is 48.5 Å². The molecule has 0 bridgehead atoms. The lowest BCUT2D eigenvalue weighted by Gasteiger charge is -2.36. The maximum atomic E-state index is 13.1. The molecule has 6 heteroatoms. The number of amides is 1. The molecule has 1 aliphatic carbocycles. The van der Waals surface area contributed by atoms with E-state index in [0.29, 0.717) is 23.5 Å². The fourth-order valence-corrected chi connectivity index (χ4v) is 5.29. The Hall–Kier alpha value is -2.86. The molecule has 1 saturated heterocycles. The first-order valence-electron chi connectivity index (χ1n) is 12.7. The summed E-state index contributed by atoms with van der Waals surface area (Å²) >= 11 is 6.17. The number of hydrogen-bond acceptors (Lipinski definition) is 4. The topological polar surface area (TPSA) is 42.0 Å². The lowest BCUT2D eigenvalue weighted by molar-refractivity contribution is -0.134. The SMILES string of the molecule is COc1cccc(C(CN2CCN(C(=O)C3C[C@H]3c3ccccc3)CC2)OCc2cccc(Cl)c2)c1. The second-order valence-corrected chi connectivity index (χ2v) is 10.1. The number of carbonyl (C=O) groups is 1. The summed E-state index contributed by atoms with van der Waals surface area (Å²) in [4.78, 5) is 17.6. The van der Waals surface area contributed by atoms with Crippen molar-refractivity contribution in [1.82, 2.24) is 9.80 Å². The minimum Gasteiger partial charge on any atom is -0.497 e. The van der Waals surface area contributed by atoms with Gasteiger partial charge < -0.3 is 14.4 Å². The molecule has 3 atom stereocenters. The van der Waals surface area contributed by atoms with Crippen LogP contribution < -0.4 is 4.74 Å². The number of nitrogens with zero attached hydrogens (tertiary/aromatic N) is 2. The van der Waals surface area contributed by atoms with Crippen molar-refractivity contribution in [2.24, 2.45) is 5.92 Å². The third-order valence-electron chi connectivity index (χ3n) is 7.25. The lowest BCUT2D eigenvalue weighted by atomic mass is 10.1. The number of methoxy groups -OCH3 is 1. The molecule has 2 fully saturated rings. The predicted molar refractivity (Wildman–Crippen MR) is 142 cm³/mol. The second kappa shape index (κ2) is 11.5. The molecule has 1 heterocycles. The van der Waals surface area contributed by atoms with E-state index in [9.17, 15) is 4.79 Å². The maximum Gasteiger partial charge on any atom is 0.226 e. The van der Waals surface area contributed by atoms with Gasteiger partial charge >= 0.3 is 0 Å². The number of carbonyl (C=O) groups excluding carboxylic acids is 1. The highest BCUT2D eigenvalue weighted by molar-refractivity contribution is 6.30. The van der Waals surface area contributed by atoms with E-state index in [1.165, 1.54) is 5.56 Å². The van der Waals surface area contributed by atoms with E-state index >= 15 is 0 Å². The minimum absolute atomic E-state index is 0.118. The molecule has 0 radical (unpaired) electrons. The van der Waals surface area contributed by atoms with Crippen LogP contribution in [0, 0.1) is 5.92 Å². The van der Waals surface area contributed by atoms with Crippen molar-refractivity contribution in [1.29, 1.82) is 0 Å². The zero-order valence-corrected chi connectivity index (χ0v) is 21.4. The molecule has 2 aliphatic rings. The molecule has 1 saturated carbocycles. The first kappa shape index (κ1) is 24.8. The van der Waals surface area contributed by atoms with Gasteiger partial charge in [-0.25, -0.2) is 0 Å². The van der Waals surface area contributed by atoms with Gasteiger partial charge in [-0.05, 0) is 53.3 Å². The van der Waals surface area contributed by atoms with Crippen LogP contribution in [0.25, 0.3) is 0 Å². The highest BCUT2D eigenvalue weighted by Crippen LogP contribution is 2.48. The zero-order valence-electron chi connectivity index (χ0n) is 20.7. The molecule has 188 valence electrons. The highest BCUT2D eigenvalue weighted by Gasteiger charge is 2.46. The van der Waals surface area contributed by atoms with Crippen LogP contribution in [0.15, 0.2) is 78.9 Å². The summed E-state index contributed by atoms with van der Waals surface area (Å²) in [6, 6.07) is 26.3. The summed E-state index contributed by atoms with van der Waals surface area (Å²) in [5.74, 6) is 1.65. The first-order valence-corrected chi connectivity index (χ1v) is 13.0. The van der Waals surface area contributed by atoms with Crippen LogP contribution in [0.5, 0.6) is 5.75 Å². The van der Waals surface area contributed by atoms with Crippen molar-refractivity contribution in [3.63, 3.8) is 0 Å².